The molecule has 9 nitrogen and oxygen atoms in total. The Morgan fingerprint density at radius 2 is 1.12 bits per heavy atom. The Kier molecular flexibility index (Phi) is 8.35. The van der Waals surface area contributed by atoms with Gasteiger partial charge in [0.25, 0.3) is 17.1 Å². The fraction of sp³-hybridized carbons (Fsp3) is 0.200. The quantitative estimate of drug-likeness (QED) is 0.124. The fourth-order valence-corrected chi connectivity index (χ4v) is 6.58. The third kappa shape index (κ3) is 6.10. The van der Waals surface area contributed by atoms with Crippen LogP contribution in [0, 0.1) is 36.3 Å². The van der Waals surface area contributed by atoms with Gasteiger partial charge in [-0.3, -0.25) is 30.3 Å². The average molecular weight is 567 g/mol. The molecule has 0 saturated heterocycles. The Balaban J connectivity index is 1.82. The van der Waals surface area contributed by atoms with Crippen molar-refractivity contribution in [1.29, 1.82) is 0 Å². The molecule has 0 spiro atoms. The summed E-state index contributed by atoms with van der Waals surface area (Å²) in [5.41, 5.74) is 4.35. The van der Waals surface area contributed by atoms with E-state index in [2.05, 4.69) is 6.07 Å². The molecule has 0 aliphatic heterocycles. The fourth-order valence-electron chi connectivity index (χ4n) is 5.72. The maximum atomic E-state index is 11.5. The summed E-state index contributed by atoms with van der Waals surface area (Å²) in [6.07, 6.45) is 5.34. The van der Waals surface area contributed by atoms with E-state index in [1.54, 1.807) is 47.7 Å². The van der Waals surface area contributed by atoms with Gasteiger partial charge in [-0.25, -0.2) is 0 Å². The zero-order chi connectivity index (χ0) is 28.9. The number of rotatable bonds is 9. The van der Waals surface area contributed by atoms with Crippen molar-refractivity contribution in [3.8, 4) is 0 Å². The van der Waals surface area contributed by atoms with Gasteiger partial charge in [-0.1, -0.05) is 66.0 Å². The molecule has 5 rings (SSSR count). The highest BCUT2D eigenvalue weighted by Crippen LogP contribution is 2.42. The molecule has 0 atom stereocenters. The van der Waals surface area contributed by atoms with Crippen LogP contribution in [0.25, 0.3) is 11.0 Å². The van der Waals surface area contributed by atoms with Crippen LogP contribution >= 0.6 is 11.3 Å². The summed E-state index contributed by atoms with van der Waals surface area (Å²) in [6, 6.07) is 23.3. The summed E-state index contributed by atoms with van der Waals surface area (Å²) in [5, 5.41) is 36.4. The SMILES string of the molecule is O=[N+]([O-])c1ccc(B(/C(=C(\c2cccs2)C2CCCCC2)c2ccc([N+](=O)[O-])cc2)c2ccc([N+](=O)[O-])cc2)cc1. The highest BCUT2D eigenvalue weighted by atomic mass is 32.1. The molecule has 0 amide bonds. The van der Waals surface area contributed by atoms with Crippen LogP contribution in [-0.4, -0.2) is 21.5 Å². The van der Waals surface area contributed by atoms with Crippen LogP contribution < -0.4 is 10.9 Å². The van der Waals surface area contributed by atoms with Crippen molar-refractivity contribution in [2.45, 2.75) is 32.1 Å². The molecule has 1 fully saturated rings. The lowest BCUT2D eigenvalue weighted by Crippen LogP contribution is -2.44. The molecule has 11 heteroatoms. The second-order valence-electron chi connectivity index (χ2n) is 10.1. The number of nitro benzene ring substituents is 3. The minimum absolute atomic E-state index is 0.0225. The van der Waals surface area contributed by atoms with Gasteiger partial charge in [-0.05, 0) is 53.5 Å². The highest BCUT2D eigenvalue weighted by molar-refractivity contribution is 7.11. The lowest BCUT2D eigenvalue weighted by molar-refractivity contribution is -0.385. The molecular weight excluding hydrogens is 541 g/mol. The Labute approximate surface area is 240 Å². The van der Waals surface area contributed by atoms with Gasteiger partial charge < -0.3 is 0 Å². The van der Waals surface area contributed by atoms with Gasteiger partial charge in [0.05, 0.1) is 14.8 Å². The summed E-state index contributed by atoms with van der Waals surface area (Å²) in [7, 11) is 0. The molecule has 0 bridgehead atoms. The average Bonchev–Trinajstić information content (AvgIpc) is 3.52. The Bertz CT molecular complexity index is 1520. The third-order valence-electron chi connectivity index (χ3n) is 7.64. The summed E-state index contributed by atoms with van der Waals surface area (Å²) in [6.45, 7) is -0.447. The first-order valence-corrected chi connectivity index (χ1v) is 14.2. The largest absolute Gasteiger partial charge is 0.269 e. The molecule has 206 valence electrons. The number of nitrogens with zero attached hydrogens (tertiary/aromatic N) is 3. The van der Waals surface area contributed by atoms with Crippen LogP contribution in [0.2, 0.25) is 0 Å². The van der Waals surface area contributed by atoms with Crippen LogP contribution in [0.3, 0.4) is 0 Å². The zero-order valence-electron chi connectivity index (χ0n) is 22.0. The van der Waals surface area contributed by atoms with Gasteiger partial charge in [0.1, 0.15) is 0 Å². The normalized spacial score (nSPS) is 14.2. The van der Waals surface area contributed by atoms with Crippen LogP contribution in [0.4, 0.5) is 17.1 Å². The summed E-state index contributed by atoms with van der Waals surface area (Å²) >= 11 is 1.63. The van der Waals surface area contributed by atoms with Crippen molar-refractivity contribution in [1.82, 2.24) is 0 Å². The predicted molar refractivity (Wildman–Crippen MR) is 162 cm³/mol. The lowest BCUT2D eigenvalue weighted by atomic mass is 9.34. The number of non-ortho nitro benzene ring substituents is 3. The molecule has 0 unspecified atom stereocenters. The van der Waals surface area contributed by atoms with Gasteiger partial charge in [-0.15, -0.1) is 11.3 Å². The van der Waals surface area contributed by atoms with E-state index in [9.17, 15) is 30.3 Å². The third-order valence-corrected chi connectivity index (χ3v) is 8.55. The summed E-state index contributed by atoms with van der Waals surface area (Å²) in [5.74, 6) is 0.242. The van der Waals surface area contributed by atoms with Crippen molar-refractivity contribution < 1.29 is 14.8 Å². The zero-order valence-corrected chi connectivity index (χ0v) is 22.9. The molecule has 3 aromatic carbocycles. The van der Waals surface area contributed by atoms with Crippen LogP contribution in [0.1, 0.15) is 42.5 Å². The molecule has 1 saturated carbocycles. The van der Waals surface area contributed by atoms with Crippen LogP contribution in [0.5, 0.6) is 0 Å². The van der Waals surface area contributed by atoms with Crippen LogP contribution in [0.15, 0.2) is 90.3 Å². The number of benzene rings is 3. The Hall–Kier alpha value is -4.64. The van der Waals surface area contributed by atoms with Gasteiger partial charge in [0.2, 0.25) is 6.71 Å². The molecule has 4 aromatic rings. The predicted octanol–water partition coefficient (Wildman–Crippen LogP) is 6.81. The van der Waals surface area contributed by atoms with Crippen molar-refractivity contribution in [3.05, 3.63) is 131 Å². The van der Waals surface area contributed by atoms with E-state index >= 15 is 0 Å². The van der Waals surface area contributed by atoms with Crippen molar-refractivity contribution in [2.24, 2.45) is 5.92 Å². The Morgan fingerprint density at radius 3 is 1.54 bits per heavy atom. The lowest BCUT2D eigenvalue weighted by Gasteiger charge is -2.30. The second-order valence-corrected chi connectivity index (χ2v) is 11.0. The minimum atomic E-state index is -0.448. The number of allylic oxidation sites excluding steroid dienone is 1. The minimum Gasteiger partial charge on any atom is -0.258 e. The number of thiophene rings is 1. The molecule has 1 aliphatic rings. The van der Waals surface area contributed by atoms with E-state index in [0.717, 1.165) is 64.5 Å². The van der Waals surface area contributed by atoms with Crippen LogP contribution in [-0.2, 0) is 0 Å². The van der Waals surface area contributed by atoms with Crippen molar-refractivity contribution >= 4 is 57.1 Å². The van der Waals surface area contributed by atoms with E-state index in [1.807, 2.05) is 11.4 Å². The van der Waals surface area contributed by atoms with Gasteiger partial charge >= 0.3 is 0 Å². The first-order valence-electron chi connectivity index (χ1n) is 13.3. The second kappa shape index (κ2) is 12.3. The van der Waals surface area contributed by atoms with Gasteiger partial charge in [0, 0.05) is 41.3 Å². The van der Waals surface area contributed by atoms with E-state index in [1.165, 1.54) is 36.4 Å². The molecule has 0 radical (unpaired) electrons. The van der Waals surface area contributed by atoms with Crippen molar-refractivity contribution in [2.75, 3.05) is 0 Å². The number of nitro groups is 3. The molecule has 1 heterocycles. The first-order chi connectivity index (χ1) is 19.8. The topological polar surface area (TPSA) is 129 Å². The summed E-state index contributed by atoms with van der Waals surface area (Å²) < 4.78 is 0. The van der Waals surface area contributed by atoms with E-state index in [4.69, 9.17) is 0 Å². The van der Waals surface area contributed by atoms with Gasteiger partial charge in [-0.2, -0.15) is 0 Å². The highest BCUT2D eigenvalue weighted by Gasteiger charge is 2.33. The maximum absolute atomic E-state index is 11.5. The first kappa shape index (κ1) is 27.9. The van der Waals surface area contributed by atoms with Crippen molar-refractivity contribution in [3.63, 3.8) is 0 Å². The molecule has 1 aromatic heterocycles. The smallest absolute Gasteiger partial charge is 0.258 e. The van der Waals surface area contributed by atoms with E-state index in [-0.39, 0.29) is 23.0 Å². The molecule has 1 aliphatic carbocycles. The maximum Gasteiger partial charge on any atom is 0.269 e. The van der Waals surface area contributed by atoms with Gasteiger partial charge in [0.15, 0.2) is 0 Å². The van der Waals surface area contributed by atoms with E-state index < -0.39 is 21.5 Å². The monoisotopic (exact) mass is 567 g/mol. The Morgan fingerprint density at radius 1 is 0.659 bits per heavy atom. The number of hydrogen-bond acceptors (Lipinski definition) is 7. The molecular formula is C30H26BN3O6S. The standard InChI is InChI=1S/C30H26BN3O6S/c35-32(36)25-14-8-22(9-15-25)30(29(28-7-4-20-41-28)21-5-2-1-3-6-21)31(23-10-16-26(17-11-23)33(37)38)24-12-18-27(19-13-24)34(39)40/h4,7-21H,1-3,5-6H2/b30-29-. The van der Waals surface area contributed by atoms with E-state index in [0.29, 0.717) is 0 Å². The summed E-state index contributed by atoms with van der Waals surface area (Å²) in [4.78, 5) is 34.1. The molecule has 0 N–H and O–H groups in total. The molecule has 41 heavy (non-hydrogen) atoms. The number of hydrogen-bond donors (Lipinski definition) is 0.